The van der Waals surface area contributed by atoms with Crippen molar-refractivity contribution >= 4 is 12.2 Å². The van der Waals surface area contributed by atoms with E-state index in [1.807, 2.05) is 42.5 Å². The Morgan fingerprint density at radius 1 is 0.966 bits per heavy atom. The van der Waals surface area contributed by atoms with E-state index in [2.05, 4.69) is 29.6 Å². The molecule has 0 aliphatic heterocycles. The predicted octanol–water partition coefficient (Wildman–Crippen LogP) is 5.77. The Bertz CT molecular complexity index is 999. The molecule has 0 saturated carbocycles. The van der Waals surface area contributed by atoms with Crippen LogP contribution in [0.15, 0.2) is 78.9 Å². The van der Waals surface area contributed by atoms with E-state index < -0.39 is 6.09 Å². The monoisotopic (exact) mass is 387 g/mol. The molecule has 0 spiro atoms. The van der Waals surface area contributed by atoms with Gasteiger partial charge in [0.2, 0.25) is 0 Å². The lowest BCUT2D eigenvalue weighted by molar-refractivity contribution is 0.143. The van der Waals surface area contributed by atoms with E-state index in [9.17, 15) is 9.18 Å². The molecule has 29 heavy (non-hydrogen) atoms. The Morgan fingerprint density at radius 2 is 1.66 bits per heavy atom. The van der Waals surface area contributed by atoms with Crippen molar-refractivity contribution < 1.29 is 13.9 Å². The number of fused-ring (bicyclic) bond motifs is 3. The Morgan fingerprint density at radius 3 is 2.34 bits per heavy atom. The third-order valence-electron chi connectivity index (χ3n) is 5.08. The summed E-state index contributed by atoms with van der Waals surface area (Å²) in [5, 5.41) is 2.77. The van der Waals surface area contributed by atoms with E-state index >= 15 is 0 Å². The van der Waals surface area contributed by atoms with Crippen LogP contribution in [0.5, 0.6) is 0 Å². The summed E-state index contributed by atoms with van der Waals surface area (Å²) < 4.78 is 18.6. The van der Waals surface area contributed by atoms with Crippen LogP contribution in [0.1, 0.15) is 29.0 Å². The molecule has 1 aliphatic rings. The Kier molecular flexibility index (Phi) is 5.71. The standard InChI is InChI=1S/C25H22FNO2/c26-19-10-7-9-18(16-19)8-5-6-15-27-25(28)29-17-24-22-13-3-1-11-20(22)21-12-2-4-14-23(21)24/h1-5,7-14,16,24H,6,15,17H2,(H,27,28). The van der Waals surface area contributed by atoms with Crippen molar-refractivity contribution in [2.24, 2.45) is 0 Å². The van der Waals surface area contributed by atoms with Gasteiger partial charge >= 0.3 is 6.09 Å². The molecule has 1 aliphatic carbocycles. The molecule has 3 aromatic rings. The Balaban J connectivity index is 1.28. The van der Waals surface area contributed by atoms with Crippen LogP contribution in [0.2, 0.25) is 0 Å². The first-order valence-corrected chi connectivity index (χ1v) is 9.73. The highest BCUT2D eigenvalue weighted by Gasteiger charge is 2.28. The SMILES string of the molecule is O=C(NCCC=Cc1cccc(F)c1)OCC1c2ccccc2-c2ccccc21. The van der Waals surface area contributed by atoms with E-state index in [1.54, 1.807) is 6.07 Å². The number of hydrogen-bond donors (Lipinski definition) is 1. The highest BCUT2D eigenvalue weighted by molar-refractivity contribution is 5.79. The number of rotatable bonds is 6. The minimum absolute atomic E-state index is 0.0565. The topological polar surface area (TPSA) is 38.3 Å². The van der Waals surface area contributed by atoms with E-state index in [4.69, 9.17) is 4.74 Å². The van der Waals surface area contributed by atoms with Crippen molar-refractivity contribution in [1.82, 2.24) is 5.32 Å². The smallest absolute Gasteiger partial charge is 0.407 e. The zero-order valence-corrected chi connectivity index (χ0v) is 16.0. The van der Waals surface area contributed by atoms with Gasteiger partial charge in [-0.3, -0.25) is 0 Å². The number of alkyl carbamates (subject to hydrolysis) is 1. The van der Waals surface area contributed by atoms with Gasteiger partial charge in [0, 0.05) is 12.5 Å². The predicted molar refractivity (Wildman–Crippen MR) is 113 cm³/mol. The number of amides is 1. The van der Waals surface area contributed by atoms with Crippen LogP contribution in [0.3, 0.4) is 0 Å². The summed E-state index contributed by atoms with van der Waals surface area (Å²) in [5.74, 6) is -0.204. The molecule has 4 heteroatoms. The highest BCUT2D eigenvalue weighted by Crippen LogP contribution is 2.44. The number of carbonyl (C=O) groups is 1. The molecule has 0 atom stereocenters. The summed E-state index contributed by atoms with van der Waals surface area (Å²) in [5.41, 5.74) is 5.60. The van der Waals surface area contributed by atoms with Crippen LogP contribution in [0.25, 0.3) is 17.2 Å². The summed E-state index contributed by atoms with van der Waals surface area (Å²) in [6.07, 6.45) is 3.95. The maximum absolute atomic E-state index is 13.1. The van der Waals surface area contributed by atoms with Gasteiger partial charge in [0.25, 0.3) is 0 Å². The van der Waals surface area contributed by atoms with Gasteiger partial charge in [-0.05, 0) is 46.4 Å². The molecule has 0 fully saturated rings. The lowest BCUT2D eigenvalue weighted by atomic mass is 9.98. The van der Waals surface area contributed by atoms with Crippen LogP contribution in [-0.4, -0.2) is 19.2 Å². The Labute approximate surface area is 169 Å². The van der Waals surface area contributed by atoms with E-state index in [0.29, 0.717) is 19.6 Å². The number of hydrogen-bond acceptors (Lipinski definition) is 2. The number of halogens is 1. The van der Waals surface area contributed by atoms with Gasteiger partial charge in [0.05, 0.1) is 0 Å². The molecular formula is C25H22FNO2. The van der Waals surface area contributed by atoms with Crippen molar-refractivity contribution in [1.29, 1.82) is 0 Å². The maximum Gasteiger partial charge on any atom is 0.407 e. The number of nitrogens with one attached hydrogen (secondary N) is 1. The average molecular weight is 387 g/mol. The van der Waals surface area contributed by atoms with Crippen LogP contribution in [-0.2, 0) is 4.74 Å². The second-order valence-corrected chi connectivity index (χ2v) is 7.00. The second-order valence-electron chi connectivity index (χ2n) is 7.00. The molecular weight excluding hydrogens is 365 g/mol. The molecule has 0 saturated heterocycles. The zero-order chi connectivity index (χ0) is 20.1. The van der Waals surface area contributed by atoms with Crippen molar-refractivity contribution in [3.05, 3.63) is 101 Å². The van der Waals surface area contributed by atoms with Crippen molar-refractivity contribution in [3.63, 3.8) is 0 Å². The quantitative estimate of drug-likeness (QED) is 0.546. The van der Waals surface area contributed by atoms with Gasteiger partial charge in [0.15, 0.2) is 0 Å². The molecule has 3 nitrogen and oxygen atoms in total. The van der Waals surface area contributed by atoms with E-state index in [0.717, 1.165) is 5.56 Å². The van der Waals surface area contributed by atoms with Gasteiger partial charge in [-0.15, -0.1) is 0 Å². The fraction of sp³-hybridized carbons (Fsp3) is 0.160. The molecule has 146 valence electrons. The van der Waals surface area contributed by atoms with Gasteiger partial charge in [0.1, 0.15) is 12.4 Å². The van der Waals surface area contributed by atoms with Crippen LogP contribution in [0, 0.1) is 5.82 Å². The molecule has 3 aromatic carbocycles. The third kappa shape index (κ3) is 4.37. The minimum atomic E-state index is -0.425. The molecule has 0 heterocycles. The third-order valence-corrected chi connectivity index (χ3v) is 5.08. The summed E-state index contributed by atoms with van der Waals surface area (Å²) >= 11 is 0. The summed E-state index contributed by atoms with van der Waals surface area (Å²) in [7, 11) is 0. The molecule has 4 rings (SSSR count). The average Bonchev–Trinajstić information content (AvgIpc) is 3.06. The fourth-order valence-electron chi connectivity index (χ4n) is 3.74. The van der Waals surface area contributed by atoms with Gasteiger partial charge in [-0.25, -0.2) is 9.18 Å². The van der Waals surface area contributed by atoms with Gasteiger partial charge in [-0.1, -0.05) is 72.8 Å². The fourth-order valence-corrected chi connectivity index (χ4v) is 3.74. The minimum Gasteiger partial charge on any atom is -0.449 e. The van der Waals surface area contributed by atoms with E-state index in [-0.39, 0.29) is 11.7 Å². The summed E-state index contributed by atoms with van der Waals surface area (Å²) in [6.45, 7) is 0.765. The highest BCUT2D eigenvalue weighted by atomic mass is 19.1. The number of ether oxygens (including phenoxy) is 1. The first kappa shape index (κ1) is 18.9. The van der Waals surface area contributed by atoms with E-state index in [1.165, 1.54) is 34.4 Å². The van der Waals surface area contributed by atoms with Crippen LogP contribution in [0.4, 0.5) is 9.18 Å². The molecule has 0 bridgehead atoms. The first-order chi connectivity index (χ1) is 14.2. The van der Waals surface area contributed by atoms with Crippen molar-refractivity contribution in [2.75, 3.05) is 13.2 Å². The maximum atomic E-state index is 13.1. The normalized spacial score (nSPS) is 12.6. The molecule has 0 unspecified atom stereocenters. The second kappa shape index (κ2) is 8.74. The summed E-state index contributed by atoms with van der Waals surface area (Å²) in [6, 6.07) is 22.9. The lowest BCUT2D eigenvalue weighted by Gasteiger charge is -2.14. The number of carbonyl (C=O) groups excluding carboxylic acids is 1. The van der Waals surface area contributed by atoms with Gasteiger partial charge in [-0.2, -0.15) is 0 Å². The van der Waals surface area contributed by atoms with Gasteiger partial charge < -0.3 is 10.1 Å². The van der Waals surface area contributed by atoms with Crippen molar-refractivity contribution in [2.45, 2.75) is 12.3 Å². The van der Waals surface area contributed by atoms with Crippen LogP contribution >= 0.6 is 0 Å². The first-order valence-electron chi connectivity index (χ1n) is 9.73. The summed E-state index contributed by atoms with van der Waals surface area (Å²) in [4.78, 5) is 12.1. The molecule has 0 radical (unpaired) electrons. The number of benzene rings is 3. The largest absolute Gasteiger partial charge is 0.449 e. The molecule has 0 aromatic heterocycles. The zero-order valence-electron chi connectivity index (χ0n) is 16.0. The van der Waals surface area contributed by atoms with Crippen molar-refractivity contribution in [3.8, 4) is 11.1 Å². The van der Waals surface area contributed by atoms with Crippen LogP contribution < -0.4 is 5.32 Å². The molecule has 1 amide bonds. The lowest BCUT2D eigenvalue weighted by Crippen LogP contribution is -2.26. The molecule has 1 N–H and O–H groups in total. The Hall–Kier alpha value is -3.40.